The Hall–Kier alpha value is -1.91. The van der Waals surface area contributed by atoms with Crippen LogP contribution in [0.4, 0.5) is 4.39 Å². The fourth-order valence-electron chi connectivity index (χ4n) is 2.52. The van der Waals surface area contributed by atoms with Crippen LogP contribution in [0.25, 0.3) is 0 Å². The van der Waals surface area contributed by atoms with Crippen molar-refractivity contribution < 1.29 is 18.7 Å². The number of hydrogen-bond donors (Lipinski definition) is 0. The summed E-state index contributed by atoms with van der Waals surface area (Å²) in [5.41, 5.74) is 0.690. The predicted octanol–water partition coefficient (Wildman–Crippen LogP) is 2.09. The zero-order valence-electron chi connectivity index (χ0n) is 11.5. The third-order valence-electron chi connectivity index (χ3n) is 3.58. The van der Waals surface area contributed by atoms with Gasteiger partial charge in [0.25, 0.3) is 0 Å². The van der Waals surface area contributed by atoms with Gasteiger partial charge in [0, 0.05) is 13.1 Å². The van der Waals surface area contributed by atoms with Crippen LogP contribution in [-0.2, 0) is 14.3 Å². The number of piperidine rings is 1. The molecule has 0 N–H and O–H groups in total. The lowest BCUT2D eigenvalue weighted by molar-refractivity contribution is -0.160. The Labute approximate surface area is 117 Å². The van der Waals surface area contributed by atoms with E-state index in [9.17, 15) is 14.0 Å². The highest BCUT2D eigenvalue weighted by Gasteiger charge is 2.29. The monoisotopic (exact) mass is 279 g/mol. The van der Waals surface area contributed by atoms with E-state index in [-0.39, 0.29) is 18.3 Å². The number of likely N-dealkylation sites (tertiary alicyclic amines) is 1. The van der Waals surface area contributed by atoms with Gasteiger partial charge in [-0.15, -0.1) is 0 Å². The summed E-state index contributed by atoms with van der Waals surface area (Å²) in [5, 5.41) is 0. The Kier molecular flexibility index (Phi) is 4.71. The minimum absolute atomic E-state index is 0.0995. The lowest BCUT2D eigenvalue weighted by atomic mass is 9.89. The largest absolute Gasteiger partial charge is 0.459 e. The van der Waals surface area contributed by atoms with E-state index in [1.807, 2.05) is 6.07 Å². The molecular formula is C15H18FNO3. The molecule has 1 fully saturated rings. The Morgan fingerprint density at radius 2 is 1.95 bits per heavy atom. The van der Waals surface area contributed by atoms with Crippen molar-refractivity contribution in [1.82, 2.24) is 4.90 Å². The average molecular weight is 279 g/mol. The molecule has 2 rings (SSSR count). The maximum Gasteiger partial charge on any atom is 0.397 e. The summed E-state index contributed by atoms with van der Waals surface area (Å²) in [4.78, 5) is 24.6. The molecule has 0 atom stereocenters. The van der Waals surface area contributed by atoms with Crippen LogP contribution in [-0.4, -0.2) is 36.5 Å². The SMILES string of the molecule is CCOC(=O)C(=O)N1CCC(c2ccccc2F)CC1. The van der Waals surface area contributed by atoms with Crippen molar-refractivity contribution in [2.24, 2.45) is 0 Å². The maximum atomic E-state index is 13.7. The molecule has 0 radical (unpaired) electrons. The van der Waals surface area contributed by atoms with Crippen LogP contribution in [0.3, 0.4) is 0 Å². The van der Waals surface area contributed by atoms with Gasteiger partial charge in [-0.05, 0) is 37.3 Å². The summed E-state index contributed by atoms with van der Waals surface area (Å²) in [5.74, 6) is -1.51. The molecule has 1 aliphatic heterocycles. The summed E-state index contributed by atoms with van der Waals surface area (Å²) in [7, 11) is 0. The van der Waals surface area contributed by atoms with Gasteiger partial charge in [0.1, 0.15) is 5.82 Å². The standard InChI is InChI=1S/C15H18FNO3/c1-2-20-15(19)14(18)17-9-7-11(8-10-17)12-5-3-4-6-13(12)16/h3-6,11H,2,7-10H2,1H3. The molecule has 1 aromatic rings. The molecular weight excluding hydrogens is 261 g/mol. The summed E-state index contributed by atoms with van der Waals surface area (Å²) in [6.07, 6.45) is 1.32. The van der Waals surface area contributed by atoms with Crippen molar-refractivity contribution >= 4 is 11.9 Å². The van der Waals surface area contributed by atoms with Crippen molar-refractivity contribution in [2.45, 2.75) is 25.7 Å². The fourth-order valence-corrected chi connectivity index (χ4v) is 2.52. The Balaban J connectivity index is 1.94. The minimum atomic E-state index is -0.808. The van der Waals surface area contributed by atoms with Crippen LogP contribution in [0.5, 0.6) is 0 Å². The number of hydrogen-bond acceptors (Lipinski definition) is 3. The van der Waals surface area contributed by atoms with Crippen molar-refractivity contribution in [3.8, 4) is 0 Å². The van der Waals surface area contributed by atoms with Gasteiger partial charge in [-0.2, -0.15) is 0 Å². The molecule has 4 nitrogen and oxygen atoms in total. The number of rotatable bonds is 2. The van der Waals surface area contributed by atoms with Gasteiger partial charge in [0.15, 0.2) is 0 Å². The Bertz CT molecular complexity index is 496. The molecule has 0 saturated carbocycles. The molecule has 1 saturated heterocycles. The summed E-state index contributed by atoms with van der Waals surface area (Å²) in [6.45, 7) is 2.76. The highest BCUT2D eigenvalue weighted by Crippen LogP contribution is 2.29. The number of carbonyl (C=O) groups is 2. The normalized spacial score (nSPS) is 16.0. The van der Waals surface area contributed by atoms with Crippen LogP contribution in [0, 0.1) is 5.82 Å². The van der Waals surface area contributed by atoms with Crippen molar-refractivity contribution in [3.63, 3.8) is 0 Å². The number of ether oxygens (including phenoxy) is 1. The van der Waals surface area contributed by atoms with Crippen LogP contribution in [0.15, 0.2) is 24.3 Å². The first-order valence-electron chi connectivity index (χ1n) is 6.84. The molecule has 0 bridgehead atoms. The number of benzene rings is 1. The predicted molar refractivity (Wildman–Crippen MR) is 71.6 cm³/mol. The first-order valence-corrected chi connectivity index (χ1v) is 6.84. The highest BCUT2D eigenvalue weighted by molar-refractivity contribution is 6.32. The van der Waals surface area contributed by atoms with Gasteiger partial charge in [-0.1, -0.05) is 18.2 Å². The van der Waals surface area contributed by atoms with Gasteiger partial charge >= 0.3 is 11.9 Å². The average Bonchev–Trinajstić information content (AvgIpc) is 2.47. The first kappa shape index (κ1) is 14.5. The number of esters is 1. The van der Waals surface area contributed by atoms with Crippen molar-refractivity contribution in [3.05, 3.63) is 35.6 Å². The van der Waals surface area contributed by atoms with E-state index < -0.39 is 11.9 Å². The molecule has 108 valence electrons. The smallest absolute Gasteiger partial charge is 0.397 e. The Morgan fingerprint density at radius 3 is 2.55 bits per heavy atom. The van der Waals surface area contributed by atoms with Crippen LogP contribution in [0.2, 0.25) is 0 Å². The van der Waals surface area contributed by atoms with Gasteiger partial charge < -0.3 is 9.64 Å². The van der Waals surface area contributed by atoms with E-state index in [0.717, 1.165) is 0 Å². The maximum absolute atomic E-state index is 13.7. The molecule has 0 unspecified atom stereocenters. The van der Waals surface area contributed by atoms with Crippen molar-refractivity contribution in [1.29, 1.82) is 0 Å². The summed E-state index contributed by atoms with van der Waals surface area (Å²) < 4.78 is 18.4. The number of amides is 1. The second kappa shape index (κ2) is 6.50. The van der Waals surface area contributed by atoms with Crippen molar-refractivity contribution in [2.75, 3.05) is 19.7 Å². The first-order chi connectivity index (χ1) is 9.63. The molecule has 20 heavy (non-hydrogen) atoms. The third-order valence-corrected chi connectivity index (χ3v) is 3.58. The van der Waals surface area contributed by atoms with E-state index >= 15 is 0 Å². The molecule has 1 amide bonds. The second-order valence-electron chi connectivity index (χ2n) is 4.81. The minimum Gasteiger partial charge on any atom is -0.459 e. The Morgan fingerprint density at radius 1 is 1.30 bits per heavy atom. The van der Waals surface area contributed by atoms with Crippen LogP contribution >= 0.6 is 0 Å². The van der Waals surface area contributed by atoms with E-state index in [1.165, 1.54) is 11.0 Å². The molecule has 0 aliphatic carbocycles. The topological polar surface area (TPSA) is 46.6 Å². The summed E-state index contributed by atoms with van der Waals surface area (Å²) >= 11 is 0. The van der Waals surface area contributed by atoms with Gasteiger partial charge in [0.2, 0.25) is 0 Å². The molecule has 0 aromatic heterocycles. The highest BCUT2D eigenvalue weighted by atomic mass is 19.1. The molecule has 5 heteroatoms. The number of carbonyl (C=O) groups excluding carboxylic acids is 2. The zero-order chi connectivity index (χ0) is 14.5. The lowest BCUT2D eigenvalue weighted by Gasteiger charge is -2.31. The quantitative estimate of drug-likeness (QED) is 0.615. The molecule has 1 heterocycles. The van der Waals surface area contributed by atoms with E-state index in [0.29, 0.717) is 31.5 Å². The summed E-state index contributed by atoms with van der Waals surface area (Å²) in [6, 6.07) is 6.71. The van der Waals surface area contributed by atoms with Crippen LogP contribution in [0.1, 0.15) is 31.2 Å². The lowest BCUT2D eigenvalue weighted by Crippen LogP contribution is -2.42. The van der Waals surface area contributed by atoms with Gasteiger partial charge in [-0.25, -0.2) is 9.18 Å². The van der Waals surface area contributed by atoms with Gasteiger partial charge in [-0.3, -0.25) is 4.79 Å². The van der Waals surface area contributed by atoms with E-state index in [4.69, 9.17) is 4.74 Å². The third kappa shape index (κ3) is 3.15. The van der Waals surface area contributed by atoms with Crippen LogP contribution < -0.4 is 0 Å². The van der Waals surface area contributed by atoms with Gasteiger partial charge in [0.05, 0.1) is 6.61 Å². The molecule has 1 aromatic carbocycles. The fraction of sp³-hybridized carbons (Fsp3) is 0.467. The molecule has 1 aliphatic rings. The van der Waals surface area contributed by atoms with E-state index in [1.54, 1.807) is 19.1 Å². The van der Waals surface area contributed by atoms with E-state index in [2.05, 4.69) is 0 Å². The number of halogens is 1. The molecule has 0 spiro atoms. The zero-order valence-corrected chi connectivity index (χ0v) is 11.5. The second-order valence-corrected chi connectivity index (χ2v) is 4.81. The number of nitrogens with zero attached hydrogens (tertiary/aromatic N) is 1.